The average molecular weight is 220 g/mol. The highest BCUT2D eigenvalue weighted by molar-refractivity contribution is 5.11. The first-order valence-electron chi connectivity index (χ1n) is 5.71. The third-order valence-corrected chi connectivity index (χ3v) is 2.40. The maximum atomic E-state index is 5.72. The van der Waals surface area contributed by atoms with E-state index in [1.807, 2.05) is 17.1 Å². The molecule has 1 atom stereocenters. The summed E-state index contributed by atoms with van der Waals surface area (Å²) in [5.74, 6) is 2.60. The van der Waals surface area contributed by atoms with Crippen LogP contribution in [-0.4, -0.2) is 22.9 Å². The Balaban J connectivity index is 2.53. The van der Waals surface area contributed by atoms with Gasteiger partial charge in [0.05, 0.1) is 6.20 Å². The largest absolute Gasteiger partial charge is 0.329 e. The molecule has 16 heavy (non-hydrogen) atoms. The summed E-state index contributed by atoms with van der Waals surface area (Å²) >= 11 is 0. The molecule has 1 aromatic heterocycles. The van der Waals surface area contributed by atoms with Crippen LogP contribution in [-0.2, 0) is 6.54 Å². The smallest absolute Gasteiger partial charge is 0.0538 e. The van der Waals surface area contributed by atoms with E-state index in [1.54, 1.807) is 0 Å². The summed E-state index contributed by atoms with van der Waals surface area (Å²) in [7, 11) is 0. The van der Waals surface area contributed by atoms with Gasteiger partial charge < -0.3 is 11.1 Å². The highest BCUT2D eigenvalue weighted by Gasteiger charge is 2.10. The van der Waals surface area contributed by atoms with Gasteiger partial charge in [0.25, 0.3) is 0 Å². The summed E-state index contributed by atoms with van der Waals surface area (Å²) in [5.41, 5.74) is 6.85. The van der Waals surface area contributed by atoms with Crippen LogP contribution < -0.4 is 11.1 Å². The van der Waals surface area contributed by atoms with Crippen LogP contribution in [0.1, 0.15) is 31.4 Å². The molecule has 0 aliphatic carbocycles. The number of terminal acetylenes is 1. The molecule has 1 unspecified atom stereocenters. The Morgan fingerprint density at radius 2 is 2.50 bits per heavy atom. The fourth-order valence-electron chi connectivity index (χ4n) is 1.57. The molecule has 1 rings (SSSR count). The van der Waals surface area contributed by atoms with E-state index in [0.717, 1.165) is 31.5 Å². The first-order chi connectivity index (χ1) is 7.81. The van der Waals surface area contributed by atoms with E-state index in [0.29, 0.717) is 6.54 Å². The van der Waals surface area contributed by atoms with Crippen molar-refractivity contribution in [1.82, 2.24) is 15.1 Å². The lowest BCUT2D eigenvalue weighted by molar-refractivity contribution is 0.548. The second-order valence-electron chi connectivity index (χ2n) is 3.73. The van der Waals surface area contributed by atoms with Crippen LogP contribution in [0.4, 0.5) is 0 Å². The summed E-state index contributed by atoms with van der Waals surface area (Å²) in [6.07, 6.45) is 10.9. The minimum atomic E-state index is 0.152. The molecule has 0 spiro atoms. The average Bonchev–Trinajstić information content (AvgIpc) is 2.74. The molecule has 0 bridgehead atoms. The zero-order valence-electron chi connectivity index (χ0n) is 9.82. The Hall–Kier alpha value is -1.31. The number of rotatable bonds is 7. The fourth-order valence-corrected chi connectivity index (χ4v) is 1.57. The van der Waals surface area contributed by atoms with Crippen LogP contribution in [0.25, 0.3) is 0 Å². The molecule has 0 amide bonds. The lowest BCUT2D eigenvalue weighted by atomic mass is 10.1. The van der Waals surface area contributed by atoms with Crippen molar-refractivity contribution < 1.29 is 0 Å². The van der Waals surface area contributed by atoms with E-state index in [4.69, 9.17) is 12.2 Å². The van der Waals surface area contributed by atoms with Crippen molar-refractivity contribution in [2.75, 3.05) is 13.1 Å². The van der Waals surface area contributed by atoms with Gasteiger partial charge in [0, 0.05) is 43.9 Å². The molecule has 3 N–H and O–H groups in total. The number of hydrogen-bond donors (Lipinski definition) is 2. The van der Waals surface area contributed by atoms with Crippen molar-refractivity contribution in [1.29, 1.82) is 0 Å². The maximum Gasteiger partial charge on any atom is 0.0538 e. The molecule has 0 aliphatic rings. The van der Waals surface area contributed by atoms with Gasteiger partial charge in [-0.05, 0) is 6.42 Å². The summed E-state index contributed by atoms with van der Waals surface area (Å²) in [5, 5.41) is 7.61. The Kier molecular flexibility index (Phi) is 5.62. The summed E-state index contributed by atoms with van der Waals surface area (Å²) in [6.45, 7) is 4.42. The van der Waals surface area contributed by atoms with Gasteiger partial charge in [-0.1, -0.05) is 6.92 Å². The van der Waals surface area contributed by atoms with Gasteiger partial charge in [-0.15, -0.1) is 12.3 Å². The Morgan fingerprint density at radius 3 is 3.12 bits per heavy atom. The van der Waals surface area contributed by atoms with Crippen LogP contribution in [0, 0.1) is 12.3 Å². The summed E-state index contributed by atoms with van der Waals surface area (Å²) in [4.78, 5) is 0. The van der Waals surface area contributed by atoms with Crippen LogP contribution in [0.5, 0.6) is 0 Å². The molecule has 0 saturated heterocycles. The molecular formula is C12H20N4. The summed E-state index contributed by atoms with van der Waals surface area (Å²) < 4.78 is 1.95. The molecule has 1 aromatic rings. The van der Waals surface area contributed by atoms with Crippen LogP contribution in [0.3, 0.4) is 0 Å². The van der Waals surface area contributed by atoms with E-state index >= 15 is 0 Å². The second kappa shape index (κ2) is 7.04. The third-order valence-electron chi connectivity index (χ3n) is 2.40. The lowest BCUT2D eigenvalue weighted by Crippen LogP contribution is -2.28. The minimum absolute atomic E-state index is 0.152. The van der Waals surface area contributed by atoms with Gasteiger partial charge in [0.15, 0.2) is 0 Å². The number of hydrogen-bond acceptors (Lipinski definition) is 3. The highest BCUT2D eigenvalue weighted by Crippen LogP contribution is 2.10. The van der Waals surface area contributed by atoms with Crippen molar-refractivity contribution in [3.8, 4) is 12.3 Å². The minimum Gasteiger partial charge on any atom is -0.329 e. The van der Waals surface area contributed by atoms with E-state index in [-0.39, 0.29) is 6.04 Å². The SMILES string of the molecule is C#CCCNC(CN)c1cnn(CCC)c1. The van der Waals surface area contributed by atoms with E-state index in [9.17, 15) is 0 Å². The molecule has 88 valence electrons. The van der Waals surface area contributed by atoms with Crippen LogP contribution in [0.2, 0.25) is 0 Å². The molecule has 0 fully saturated rings. The van der Waals surface area contributed by atoms with E-state index < -0.39 is 0 Å². The van der Waals surface area contributed by atoms with Crippen molar-refractivity contribution in [3.63, 3.8) is 0 Å². The second-order valence-corrected chi connectivity index (χ2v) is 3.73. The van der Waals surface area contributed by atoms with Gasteiger partial charge in [-0.3, -0.25) is 4.68 Å². The third kappa shape index (κ3) is 3.69. The van der Waals surface area contributed by atoms with Gasteiger partial charge in [0.2, 0.25) is 0 Å². The number of nitrogens with two attached hydrogens (primary N) is 1. The standard InChI is InChI=1S/C12H20N4/c1-3-5-6-14-12(8-13)11-9-15-16(10-11)7-4-2/h1,9-10,12,14H,4-8,13H2,2H3. The first-order valence-corrected chi connectivity index (χ1v) is 5.71. The maximum absolute atomic E-state index is 5.72. The van der Waals surface area contributed by atoms with Gasteiger partial charge >= 0.3 is 0 Å². The highest BCUT2D eigenvalue weighted by atomic mass is 15.3. The van der Waals surface area contributed by atoms with Crippen LogP contribution >= 0.6 is 0 Å². The summed E-state index contributed by atoms with van der Waals surface area (Å²) in [6, 6.07) is 0.152. The van der Waals surface area contributed by atoms with Gasteiger partial charge in [-0.2, -0.15) is 5.10 Å². The van der Waals surface area contributed by atoms with Crippen molar-refractivity contribution >= 4 is 0 Å². The van der Waals surface area contributed by atoms with Gasteiger partial charge in [-0.25, -0.2) is 0 Å². The number of aromatic nitrogens is 2. The normalized spacial score (nSPS) is 12.3. The van der Waals surface area contributed by atoms with E-state index in [1.165, 1.54) is 0 Å². The molecule has 4 nitrogen and oxygen atoms in total. The molecular weight excluding hydrogens is 200 g/mol. The first kappa shape index (κ1) is 12.8. The molecule has 4 heteroatoms. The van der Waals surface area contributed by atoms with Gasteiger partial charge in [0.1, 0.15) is 0 Å². The van der Waals surface area contributed by atoms with Crippen molar-refractivity contribution in [2.24, 2.45) is 5.73 Å². The molecule has 0 aliphatic heterocycles. The Bertz CT molecular complexity index is 337. The van der Waals surface area contributed by atoms with Crippen molar-refractivity contribution in [3.05, 3.63) is 18.0 Å². The molecule has 0 radical (unpaired) electrons. The zero-order valence-corrected chi connectivity index (χ0v) is 9.82. The number of nitrogens with zero attached hydrogens (tertiary/aromatic N) is 2. The molecule has 1 heterocycles. The molecule has 0 aromatic carbocycles. The predicted molar refractivity (Wildman–Crippen MR) is 65.8 cm³/mol. The Labute approximate surface area is 97.2 Å². The molecule has 0 saturated carbocycles. The zero-order chi connectivity index (χ0) is 11.8. The Morgan fingerprint density at radius 1 is 1.69 bits per heavy atom. The lowest BCUT2D eigenvalue weighted by Gasteiger charge is -2.13. The van der Waals surface area contributed by atoms with Crippen molar-refractivity contribution in [2.45, 2.75) is 32.4 Å². The quantitative estimate of drug-likeness (QED) is 0.530. The number of nitrogens with one attached hydrogen (secondary N) is 1. The monoisotopic (exact) mass is 220 g/mol. The number of aryl methyl sites for hydroxylation is 1. The van der Waals surface area contributed by atoms with Crippen LogP contribution in [0.15, 0.2) is 12.4 Å². The topological polar surface area (TPSA) is 55.9 Å². The fraction of sp³-hybridized carbons (Fsp3) is 0.583. The predicted octanol–water partition coefficient (Wildman–Crippen LogP) is 0.906. The van der Waals surface area contributed by atoms with E-state index in [2.05, 4.69) is 23.3 Å².